The minimum absolute atomic E-state index is 0.172. The number of nitrogens with one attached hydrogen (secondary N) is 1. The van der Waals surface area contributed by atoms with Gasteiger partial charge in [0.05, 0.1) is 17.8 Å². The van der Waals surface area contributed by atoms with Crippen molar-refractivity contribution in [3.63, 3.8) is 0 Å². The van der Waals surface area contributed by atoms with Crippen LogP contribution < -0.4 is 10.1 Å². The lowest BCUT2D eigenvalue weighted by Gasteiger charge is -2.17. The maximum atomic E-state index is 12.7. The number of para-hydroxylation sites is 1. The van der Waals surface area contributed by atoms with E-state index in [2.05, 4.69) is 10.4 Å². The Kier molecular flexibility index (Phi) is 4.27. The Bertz CT molecular complexity index is 974. The van der Waals surface area contributed by atoms with Gasteiger partial charge >= 0.3 is 0 Å². The van der Waals surface area contributed by atoms with Crippen molar-refractivity contribution < 1.29 is 9.53 Å². The summed E-state index contributed by atoms with van der Waals surface area (Å²) in [6, 6.07) is 19.6. The monoisotopic (exact) mass is 345 g/mol. The number of amides is 1. The van der Waals surface area contributed by atoms with Gasteiger partial charge in [0.1, 0.15) is 18.2 Å². The Labute approximate surface area is 151 Å². The Hall–Kier alpha value is -3.34. The van der Waals surface area contributed by atoms with Gasteiger partial charge in [-0.2, -0.15) is 5.10 Å². The van der Waals surface area contributed by atoms with Gasteiger partial charge in [0.2, 0.25) is 0 Å². The molecule has 0 saturated heterocycles. The Morgan fingerprint density at radius 1 is 1.15 bits per heavy atom. The van der Waals surface area contributed by atoms with Crippen LogP contribution in [-0.2, 0) is 11.3 Å². The highest BCUT2D eigenvalue weighted by atomic mass is 16.5. The van der Waals surface area contributed by atoms with Crippen molar-refractivity contribution in [1.82, 2.24) is 9.78 Å². The van der Waals surface area contributed by atoms with Crippen LogP contribution in [0.4, 0.5) is 5.82 Å². The number of anilines is 1. The molecule has 0 fully saturated rings. The number of carbonyl (C=O) groups excluding carboxylic acids is 1. The summed E-state index contributed by atoms with van der Waals surface area (Å²) >= 11 is 0. The predicted octanol–water partition coefficient (Wildman–Crippen LogP) is 3.65. The largest absolute Gasteiger partial charge is 0.488 e. The van der Waals surface area contributed by atoms with Crippen molar-refractivity contribution >= 4 is 17.8 Å². The van der Waals surface area contributed by atoms with Gasteiger partial charge in [-0.3, -0.25) is 4.79 Å². The number of aryl methyl sites for hydroxylation is 1. The van der Waals surface area contributed by atoms with Crippen LogP contribution >= 0.6 is 0 Å². The van der Waals surface area contributed by atoms with Gasteiger partial charge in [-0.15, -0.1) is 0 Å². The number of hydrogen-bond donors (Lipinski definition) is 1. The van der Waals surface area contributed by atoms with Gasteiger partial charge in [0.15, 0.2) is 0 Å². The summed E-state index contributed by atoms with van der Waals surface area (Å²) in [5.41, 5.74) is 3.49. The summed E-state index contributed by atoms with van der Waals surface area (Å²) < 4.78 is 7.48. The molecule has 0 saturated carbocycles. The molecule has 3 aromatic rings. The molecule has 1 amide bonds. The van der Waals surface area contributed by atoms with Gasteiger partial charge in [-0.1, -0.05) is 48.5 Å². The number of aromatic nitrogens is 2. The van der Waals surface area contributed by atoms with Crippen LogP contribution in [-0.4, -0.2) is 22.3 Å². The van der Waals surface area contributed by atoms with E-state index in [4.69, 9.17) is 4.74 Å². The van der Waals surface area contributed by atoms with Gasteiger partial charge < -0.3 is 10.1 Å². The molecule has 5 heteroatoms. The lowest BCUT2D eigenvalue weighted by Crippen LogP contribution is -2.23. The summed E-state index contributed by atoms with van der Waals surface area (Å²) in [6.45, 7) is 2.77. The molecule has 1 aliphatic heterocycles. The fourth-order valence-corrected chi connectivity index (χ4v) is 2.97. The molecule has 2 aromatic carbocycles. The molecule has 0 atom stereocenters. The fraction of sp³-hybridized carbons (Fsp3) is 0.143. The van der Waals surface area contributed by atoms with Crippen LogP contribution in [0.2, 0.25) is 0 Å². The van der Waals surface area contributed by atoms with Gasteiger partial charge in [0.25, 0.3) is 5.91 Å². The average Bonchev–Trinajstić information content (AvgIpc) is 3.01. The number of benzene rings is 2. The van der Waals surface area contributed by atoms with E-state index in [0.29, 0.717) is 17.9 Å². The quantitative estimate of drug-likeness (QED) is 0.785. The molecule has 1 aliphatic rings. The van der Waals surface area contributed by atoms with Crippen molar-refractivity contribution in [3.8, 4) is 5.75 Å². The van der Waals surface area contributed by atoms with Crippen molar-refractivity contribution in [1.29, 1.82) is 0 Å². The number of carbonyl (C=O) groups is 1. The van der Waals surface area contributed by atoms with Crippen LogP contribution in [0.15, 0.2) is 66.2 Å². The number of hydrogen-bond acceptors (Lipinski definition) is 3. The molecule has 0 radical (unpaired) electrons. The van der Waals surface area contributed by atoms with E-state index < -0.39 is 0 Å². The maximum Gasteiger partial charge on any atom is 0.256 e. The number of rotatable bonds is 4. The summed E-state index contributed by atoms with van der Waals surface area (Å²) in [7, 11) is 0. The zero-order valence-corrected chi connectivity index (χ0v) is 14.5. The average molecular weight is 345 g/mol. The lowest BCUT2D eigenvalue weighted by molar-refractivity contribution is -0.113. The van der Waals surface area contributed by atoms with E-state index in [-0.39, 0.29) is 12.5 Å². The van der Waals surface area contributed by atoms with E-state index >= 15 is 0 Å². The van der Waals surface area contributed by atoms with Gasteiger partial charge in [-0.05, 0) is 24.6 Å². The predicted molar refractivity (Wildman–Crippen MR) is 101 cm³/mol. The van der Waals surface area contributed by atoms with Crippen molar-refractivity contribution in [2.75, 3.05) is 11.9 Å². The standard InChI is InChI=1S/C21H19N3O2/c1-15-11-20(24(23-15)13-16-7-3-2-4-8-16)22-21(25)18-12-17-9-5-6-10-19(17)26-14-18/h2-12H,13-14H2,1H3,(H,22,25). The third-order valence-corrected chi connectivity index (χ3v) is 4.24. The number of fused-ring (bicyclic) bond motifs is 1. The number of ether oxygens (including phenoxy) is 1. The first-order valence-electron chi connectivity index (χ1n) is 8.51. The van der Waals surface area contributed by atoms with Crippen molar-refractivity contribution in [2.45, 2.75) is 13.5 Å². The van der Waals surface area contributed by atoms with Crippen molar-refractivity contribution in [3.05, 3.63) is 83.1 Å². The third-order valence-electron chi connectivity index (χ3n) is 4.24. The van der Waals surface area contributed by atoms with Crippen LogP contribution in [0.5, 0.6) is 5.75 Å². The normalized spacial score (nSPS) is 12.7. The zero-order chi connectivity index (χ0) is 17.9. The Morgan fingerprint density at radius 2 is 1.92 bits per heavy atom. The molecule has 130 valence electrons. The molecular formula is C21H19N3O2. The van der Waals surface area contributed by atoms with E-state index in [0.717, 1.165) is 22.6 Å². The topological polar surface area (TPSA) is 56.1 Å². The first-order chi connectivity index (χ1) is 12.7. The SMILES string of the molecule is Cc1cc(NC(=O)C2=Cc3ccccc3OC2)n(Cc2ccccc2)n1. The van der Waals surface area contributed by atoms with E-state index in [1.54, 1.807) is 4.68 Å². The van der Waals surface area contributed by atoms with E-state index in [1.165, 1.54) is 0 Å². The molecule has 26 heavy (non-hydrogen) atoms. The van der Waals surface area contributed by atoms with Gasteiger partial charge in [0, 0.05) is 11.6 Å². The molecular weight excluding hydrogens is 326 g/mol. The minimum atomic E-state index is -0.172. The first kappa shape index (κ1) is 16.1. The van der Waals surface area contributed by atoms with Crippen LogP contribution in [0, 0.1) is 6.92 Å². The molecule has 5 nitrogen and oxygen atoms in total. The summed E-state index contributed by atoms with van der Waals surface area (Å²) in [6.07, 6.45) is 1.87. The molecule has 1 N–H and O–H groups in total. The second-order valence-electron chi connectivity index (χ2n) is 6.26. The molecule has 0 aliphatic carbocycles. The van der Waals surface area contributed by atoms with Crippen LogP contribution in [0.3, 0.4) is 0 Å². The fourth-order valence-electron chi connectivity index (χ4n) is 2.97. The third kappa shape index (κ3) is 3.37. The summed E-state index contributed by atoms with van der Waals surface area (Å²) in [5, 5.41) is 7.46. The highest BCUT2D eigenvalue weighted by Crippen LogP contribution is 2.26. The molecule has 0 spiro atoms. The lowest BCUT2D eigenvalue weighted by atomic mass is 10.1. The molecule has 0 bridgehead atoms. The maximum absolute atomic E-state index is 12.7. The van der Waals surface area contributed by atoms with Gasteiger partial charge in [-0.25, -0.2) is 4.68 Å². The highest BCUT2D eigenvalue weighted by Gasteiger charge is 2.18. The van der Waals surface area contributed by atoms with E-state index in [1.807, 2.05) is 73.7 Å². The molecule has 0 unspecified atom stereocenters. The van der Waals surface area contributed by atoms with Crippen LogP contribution in [0.1, 0.15) is 16.8 Å². The summed E-state index contributed by atoms with van der Waals surface area (Å²) in [4.78, 5) is 12.7. The zero-order valence-electron chi connectivity index (χ0n) is 14.5. The first-order valence-corrected chi connectivity index (χ1v) is 8.51. The smallest absolute Gasteiger partial charge is 0.256 e. The van der Waals surface area contributed by atoms with Crippen LogP contribution in [0.25, 0.3) is 6.08 Å². The molecule has 4 rings (SSSR count). The second kappa shape index (κ2) is 6.88. The summed E-state index contributed by atoms with van der Waals surface area (Å²) in [5.74, 6) is 1.30. The molecule has 2 heterocycles. The Morgan fingerprint density at radius 3 is 2.77 bits per heavy atom. The Balaban J connectivity index is 1.54. The minimum Gasteiger partial charge on any atom is -0.488 e. The highest BCUT2D eigenvalue weighted by molar-refractivity contribution is 6.07. The number of nitrogens with zero attached hydrogens (tertiary/aromatic N) is 2. The van der Waals surface area contributed by atoms with Crippen molar-refractivity contribution in [2.24, 2.45) is 0 Å². The van der Waals surface area contributed by atoms with E-state index in [9.17, 15) is 4.79 Å². The molecule has 1 aromatic heterocycles. The second-order valence-corrected chi connectivity index (χ2v) is 6.26.